The van der Waals surface area contributed by atoms with Gasteiger partial charge in [-0.1, -0.05) is 22.6 Å². The van der Waals surface area contributed by atoms with Gasteiger partial charge in [0.25, 0.3) is 5.92 Å². The highest BCUT2D eigenvalue weighted by molar-refractivity contribution is 14.1. The Kier molecular flexibility index (Phi) is 5.50. The lowest BCUT2D eigenvalue weighted by atomic mass is 10.00. The van der Waals surface area contributed by atoms with Gasteiger partial charge < -0.3 is 15.1 Å². The number of carbonyl (C=O) groups is 1. The van der Waals surface area contributed by atoms with Crippen LogP contribution in [0.3, 0.4) is 0 Å². The van der Waals surface area contributed by atoms with Crippen LogP contribution in [0.25, 0.3) is 10.9 Å². The van der Waals surface area contributed by atoms with E-state index < -0.39 is 12.0 Å². The fourth-order valence-electron chi connectivity index (χ4n) is 3.43. The highest BCUT2D eigenvalue weighted by Crippen LogP contribution is 2.36. The van der Waals surface area contributed by atoms with E-state index in [2.05, 4.69) is 10.3 Å². The SMILES string of the molecule is CN(C)c1ccc(N2C[C@@H](NC(=O)CI)CC(F)(F)C2)c2cccnc12. The van der Waals surface area contributed by atoms with E-state index in [4.69, 9.17) is 0 Å². The number of pyridine rings is 1. The minimum absolute atomic E-state index is 0.220. The summed E-state index contributed by atoms with van der Waals surface area (Å²) in [6.07, 6.45) is 1.37. The molecule has 1 fully saturated rings. The summed E-state index contributed by atoms with van der Waals surface area (Å²) < 4.78 is 28.9. The summed E-state index contributed by atoms with van der Waals surface area (Å²) >= 11 is 1.93. The van der Waals surface area contributed by atoms with Crippen molar-refractivity contribution in [3.05, 3.63) is 30.5 Å². The standard InChI is InChI=1S/C18H21F2IN4O/c1-24(2)15-6-5-14(13-4-3-7-22-17(13)15)25-10-12(23-16(26)9-21)8-18(19,20)11-25/h3-7,12H,8-11H2,1-2H3,(H,23,26)/t12-/m0/s1. The number of halogens is 3. The predicted molar refractivity (Wildman–Crippen MR) is 109 cm³/mol. The number of piperidine rings is 1. The van der Waals surface area contributed by atoms with E-state index >= 15 is 0 Å². The second-order valence-corrected chi connectivity index (χ2v) is 7.50. The largest absolute Gasteiger partial charge is 0.376 e. The molecule has 1 atom stereocenters. The van der Waals surface area contributed by atoms with Gasteiger partial charge in [0.15, 0.2) is 0 Å². The van der Waals surface area contributed by atoms with Gasteiger partial charge in [-0.15, -0.1) is 0 Å². The van der Waals surface area contributed by atoms with Gasteiger partial charge in [-0.3, -0.25) is 9.78 Å². The molecule has 0 unspecified atom stereocenters. The third kappa shape index (κ3) is 3.99. The first kappa shape index (κ1) is 19.1. The first-order chi connectivity index (χ1) is 12.3. The number of fused-ring (bicyclic) bond motifs is 1. The monoisotopic (exact) mass is 474 g/mol. The first-order valence-electron chi connectivity index (χ1n) is 8.34. The van der Waals surface area contributed by atoms with Gasteiger partial charge in [0, 0.05) is 44.3 Å². The Morgan fingerprint density at radius 3 is 2.88 bits per heavy atom. The van der Waals surface area contributed by atoms with E-state index in [1.54, 1.807) is 11.1 Å². The summed E-state index contributed by atoms with van der Waals surface area (Å²) in [5, 5.41) is 3.54. The van der Waals surface area contributed by atoms with Crippen molar-refractivity contribution in [2.24, 2.45) is 0 Å². The minimum Gasteiger partial charge on any atom is -0.376 e. The van der Waals surface area contributed by atoms with Crippen molar-refractivity contribution >= 4 is 50.8 Å². The first-order valence-corrected chi connectivity index (χ1v) is 9.86. The van der Waals surface area contributed by atoms with E-state index in [1.807, 2.05) is 65.9 Å². The van der Waals surface area contributed by atoms with Crippen molar-refractivity contribution in [2.75, 3.05) is 41.4 Å². The van der Waals surface area contributed by atoms with Crippen LogP contribution in [0.2, 0.25) is 0 Å². The summed E-state index contributed by atoms with van der Waals surface area (Å²) in [4.78, 5) is 19.7. The van der Waals surface area contributed by atoms with Crippen LogP contribution < -0.4 is 15.1 Å². The smallest absolute Gasteiger partial charge is 0.267 e. The van der Waals surface area contributed by atoms with Crippen molar-refractivity contribution in [2.45, 2.75) is 18.4 Å². The Morgan fingerprint density at radius 2 is 2.19 bits per heavy atom. The van der Waals surface area contributed by atoms with Crippen molar-refractivity contribution in [1.82, 2.24) is 10.3 Å². The average Bonchev–Trinajstić information content (AvgIpc) is 2.59. The number of aromatic nitrogens is 1. The van der Waals surface area contributed by atoms with Gasteiger partial charge in [0.05, 0.1) is 28.2 Å². The number of rotatable bonds is 4. The molecule has 1 aromatic carbocycles. The van der Waals surface area contributed by atoms with Crippen molar-refractivity contribution in [3.63, 3.8) is 0 Å². The molecule has 0 bridgehead atoms. The molecule has 1 N–H and O–H groups in total. The maximum absolute atomic E-state index is 14.3. The molecule has 0 radical (unpaired) electrons. The highest BCUT2D eigenvalue weighted by Gasteiger charge is 2.41. The van der Waals surface area contributed by atoms with Crippen LogP contribution >= 0.6 is 22.6 Å². The molecule has 1 aliphatic heterocycles. The van der Waals surface area contributed by atoms with Gasteiger partial charge in [0.2, 0.25) is 5.91 Å². The van der Waals surface area contributed by atoms with Crippen molar-refractivity contribution < 1.29 is 13.6 Å². The molecule has 1 aliphatic rings. The summed E-state index contributed by atoms with van der Waals surface area (Å²) in [6, 6.07) is 6.88. The lowest BCUT2D eigenvalue weighted by Gasteiger charge is -2.39. The fraction of sp³-hybridized carbons (Fsp3) is 0.444. The average molecular weight is 474 g/mol. The zero-order valence-electron chi connectivity index (χ0n) is 14.7. The van der Waals surface area contributed by atoms with E-state index in [0.29, 0.717) is 12.2 Å². The quantitative estimate of drug-likeness (QED) is 0.547. The van der Waals surface area contributed by atoms with E-state index in [1.165, 1.54) is 0 Å². The number of carbonyl (C=O) groups excluding carboxylic acids is 1. The maximum atomic E-state index is 14.3. The van der Waals surface area contributed by atoms with Crippen LogP contribution in [0.15, 0.2) is 30.5 Å². The molecule has 3 rings (SSSR count). The van der Waals surface area contributed by atoms with E-state index in [-0.39, 0.29) is 23.3 Å². The van der Waals surface area contributed by atoms with Crippen molar-refractivity contribution in [1.29, 1.82) is 0 Å². The predicted octanol–water partition coefficient (Wildman–Crippen LogP) is 3.07. The Labute approximate surface area is 164 Å². The molecule has 0 spiro atoms. The third-order valence-corrected chi connectivity index (χ3v) is 5.14. The molecular formula is C18H21F2IN4O. The molecule has 5 nitrogen and oxygen atoms in total. The summed E-state index contributed by atoms with van der Waals surface area (Å²) in [6.45, 7) is -0.0157. The van der Waals surface area contributed by atoms with Crippen molar-refractivity contribution in [3.8, 4) is 0 Å². The lowest BCUT2D eigenvalue weighted by Crippen LogP contribution is -2.55. The molecule has 0 saturated carbocycles. The van der Waals surface area contributed by atoms with Gasteiger partial charge in [-0.05, 0) is 24.3 Å². The Balaban J connectivity index is 1.99. The van der Waals surface area contributed by atoms with Crippen LogP contribution in [0.5, 0.6) is 0 Å². The Hall–Kier alpha value is -1.71. The van der Waals surface area contributed by atoms with E-state index in [0.717, 1.165) is 16.6 Å². The second kappa shape index (κ2) is 7.50. The van der Waals surface area contributed by atoms with Gasteiger partial charge in [-0.25, -0.2) is 8.78 Å². The number of amides is 1. The Bertz CT molecular complexity index is 815. The van der Waals surface area contributed by atoms with Crippen LogP contribution in [0.1, 0.15) is 6.42 Å². The number of alkyl halides is 3. The summed E-state index contributed by atoms with van der Waals surface area (Å²) in [7, 11) is 3.85. The number of hydrogen-bond acceptors (Lipinski definition) is 4. The molecule has 2 aromatic rings. The zero-order valence-corrected chi connectivity index (χ0v) is 16.8. The molecule has 140 valence electrons. The van der Waals surface area contributed by atoms with Gasteiger partial charge >= 0.3 is 0 Å². The molecule has 1 aromatic heterocycles. The number of nitrogens with one attached hydrogen (secondary N) is 1. The number of hydrogen-bond donors (Lipinski definition) is 1. The van der Waals surface area contributed by atoms with E-state index in [9.17, 15) is 13.6 Å². The number of anilines is 2. The molecule has 1 saturated heterocycles. The highest BCUT2D eigenvalue weighted by atomic mass is 127. The minimum atomic E-state index is -2.86. The van der Waals surface area contributed by atoms with Gasteiger partial charge in [0.1, 0.15) is 0 Å². The van der Waals surface area contributed by atoms with Crippen LogP contribution in [0, 0.1) is 0 Å². The molecule has 0 aliphatic carbocycles. The lowest BCUT2D eigenvalue weighted by molar-refractivity contribution is -0.119. The second-order valence-electron chi connectivity index (χ2n) is 6.74. The number of benzene rings is 1. The van der Waals surface area contributed by atoms with Crippen LogP contribution in [-0.4, -0.2) is 54.5 Å². The molecule has 1 amide bonds. The number of nitrogens with zero attached hydrogens (tertiary/aromatic N) is 3. The molecular weight excluding hydrogens is 453 g/mol. The maximum Gasteiger partial charge on any atom is 0.267 e. The van der Waals surface area contributed by atoms with Crippen LogP contribution in [0.4, 0.5) is 20.2 Å². The van der Waals surface area contributed by atoms with Gasteiger partial charge in [-0.2, -0.15) is 0 Å². The third-order valence-electron chi connectivity index (χ3n) is 4.44. The normalized spacial score (nSPS) is 19.4. The summed E-state index contributed by atoms with van der Waals surface area (Å²) in [5.74, 6) is -3.08. The fourth-order valence-corrected chi connectivity index (χ4v) is 3.65. The zero-order chi connectivity index (χ0) is 18.9. The molecule has 2 heterocycles. The molecule has 26 heavy (non-hydrogen) atoms. The molecule has 8 heteroatoms. The van der Waals surface area contributed by atoms with Crippen LogP contribution in [-0.2, 0) is 4.79 Å². The summed E-state index contributed by atoms with van der Waals surface area (Å²) in [5.41, 5.74) is 2.42. The topological polar surface area (TPSA) is 48.5 Å². The Morgan fingerprint density at radius 1 is 1.42 bits per heavy atom.